The third kappa shape index (κ3) is 3.41. The van der Waals surface area contributed by atoms with Gasteiger partial charge in [-0.1, -0.05) is 18.2 Å². The quantitative estimate of drug-likeness (QED) is 0.516. The lowest BCUT2D eigenvalue weighted by atomic mass is 10.3. The molecular formula is C14H12N4S2. The predicted octanol–water partition coefficient (Wildman–Crippen LogP) is 2.81. The number of fused-ring (bicyclic) bond motifs is 1. The van der Waals surface area contributed by atoms with Gasteiger partial charge in [0.1, 0.15) is 16.6 Å². The van der Waals surface area contributed by atoms with Crippen LogP contribution in [0, 0.1) is 11.3 Å². The van der Waals surface area contributed by atoms with Gasteiger partial charge in [0.25, 0.3) is 0 Å². The molecule has 0 unspecified atom stereocenters. The molecular weight excluding hydrogens is 288 g/mol. The monoisotopic (exact) mass is 300 g/mol. The molecule has 0 spiro atoms. The summed E-state index contributed by atoms with van der Waals surface area (Å²) in [7, 11) is 0. The molecule has 0 aliphatic heterocycles. The maximum absolute atomic E-state index is 9.22. The lowest BCUT2D eigenvalue weighted by molar-refractivity contribution is 1.01. The van der Waals surface area contributed by atoms with Crippen LogP contribution in [-0.2, 0) is 0 Å². The fourth-order valence-corrected chi connectivity index (χ4v) is 2.56. The van der Waals surface area contributed by atoms with Gasteiger partial charge in [-0.15, -0.1) is 17.9 Å². The highest BCUT2D eigenvalue weighted by Gasteiger charge is 2.08. The number of nitrogens with one attached hydrogen (secondary N) is 2. The van der Waals surface area contributed by atoms with Crippen molar-refractivity contribution in [2.75, 3.05) is 6.54 Å². The van der Waals surface area contributed by atoms with Crippen molar-refractivity contribution in [1.29, 1.82) is 5.26 Å². The molecule has 6 heteroatoms. The maximum Gasteiger partial charge on any atom is 0.170 e. The van der Waals surface area contributed by atoms with Crippen LogP contribution in [-0.4, -0.2) is 16.6 Å². The Bertz CT molecular complexity index is 676. The number of allylic oxidation sites excluding steroid dienone is 1. The molecule has 20 heavy (non-hydrogen) atoms. The van der Waals surface area contributed by atoms with Crippen LogP contribution in [0.5, 0.6) is 0 Å². The van der Waals surface area contributed by atoms with Crippen molar-refractivity contribution in [1.82, 2.24) is 15.6 Å². The molecule has 0 aliphatic carbocycles. The molecule has 4 nitrogen and oxygen atoms in total. The molecule has 0 radical (unpaired) electrons. The molecule has 2 rings (SSSR count). The van der Waals surface area contributed by atoms with Gasteiger partial charge in [-0.25, -0.2) is 4.98 Å². The molecule has 0 amide bonds. The molecule has 2 N–H and O–H groups in total. The number of nitrogens with zero attached hydrogens (tertiary/aromatic N) is 2. The summed E-state index contributed by atoms with van der Waals surface area (Å²) < 4.78 is 1.05. The van der Waals surface area contributed by atoms with E-state index in [1.807, 2.05) is 24.3 Å². The molecule has 0 bridgehead atoms. The van der Waals surface area contributed by atoms with E-state index in [0.717, 1.165) is 10.2 Å². The Morgan fingerprint density at radius 3 is 3.00 bits per heavy atom. The van der Waals surface area contributed by atoms with Crippen LogP contribution >= 0.6 is 23.6 Å². The number of hydrogen-bond acceptors (Lipinski definition) is 4. The molecule has 1 aromatic carbocycles. The number of para-hydroxylation sites is 1. The molecule has 0 aliphatic rings. The fourth-order valence-electron chi connectivity index (χ4n) is 1.48. The molecule has 2 aromatic rings. The van der Waals surface area contributed by atoms with Crippen molar-refractivity contribution in [3.63, 3.8) is 0 Å². The minimum absolute atomic E-state index is 0.443. The second-order valence-corrected chi connectivity index (χ2v) is 5.24. The number of thiocarbonyl (C=S) groups is 1. The number of hydrogen-bond donors (Lipinski definition) is 2. The van der Waals surface area contributed by atoms with Gasteiger partial charge in [0.2, 0.25) is 0 Å². The van der Waals surface area contributed by atoms with Crippen molar-refractivity contribution in [3.05, 3.63) is 48.1 Å². The second-order valence-electron chi connectivity index (χ2n) is 3.80. The number of nitriles is 1. The van der Waals surface area contributed by atoms with E-state index < -0.39 is 0 Å². The Balaban J connectivity index is 2.17. The summed E-state index contributed by atoms with van der Waals surface area (Å²) in [6.45, 7) is 4.16. The van der Waals surface area contributed by atoms with Crippen LogP contribution in [0.2, 0.25) is 0 Å². The van der Waals surface area contributed by atoms with E-state index in [2.05, 4.69) is 28.3 Å². The van der Waals surface area contributed by atoms with Crippen molar-refractivity contribution in [2.24, 2.45) is 0 Å². The Labute approximate surface area is 126 Å². The second kappa shape index (κ2) is 6.80. The lowest BCUT2D eigenvalue weighted by Crippen LogP contribution is -2.31. The van der Waals surface area contributed by atoms with Crippen molar-refractivity contribution < 1.29 is 0 Å². The predicted molar refractivity (Wildman–Crippen MR) is 87.1 cm³/mol. The van der Waals surface area contributed by atoms with Gasteiger partial charge in [-0.3, -0.25) is 0 Å². The molecule has 0 saturated heterocycles. The Kier molecular flexibility index (Phi) is 4.82. The molecule has 0 atom stereocenters. The van der Waals surface area contributed by atoms with E-state index in [1.54, 1.807) is 12.3 Å². The first kappa shape index (κ1) is 14.2. The average Bonchev–Trinajstić information content (AvgIpc) is 2.89. The first-order chi connectivity index (χ1) is 9.74. The van der Waals surface area contributed by atoms with Crippen molar-refractivity contribution in [3.8, 4) is 6.07 Å². The topological polar surface area (TPSA) is 60.7 Å². The zero-order valence-corrected chi connectivity index (χ0v) is 12.2. The summed E-state index contributed by atoms with van der Waals surface area (Å²) >= 11 is 6.54. The average molecular weight is 300 g/mol. The zero-order valence-electron chi connectivity index (χ0n) is 10.6. The van der Waals surface area contributed by atoms with Gasteiger partial charge in [-0.05, 0) is 24.4 Å². The SMILES string of the molecule is C=CCNC(=S)NC=C(C#N)c1nc2ccccc2s1. The third-order valence-corrected chi connectivity index (χ3v) is 3.73. The van der Waals surface area contributed by atoms with E-state index in [4.69, 9.17) is 12.2 Å². The highest BCUT2D eigenvalue weighted by atomic mass is 32.1. The van der Waals surface area contributed by atoms with Crippen LogP contribution in [0.3, 0.4) is 0 Å². The molecule has 0 saturated carbocycles. The minimum Gasteiger partial charge on any atom is -0.359 e. The fraction of sp³-hybridized carbons (Fsp3) is 0.0714. The summed E-state index contributed by atoms with van der Waals surface area (Å²) in [4.78, 5) is 4.43. The van der Waals surface area contributed by atoms with Gasteiger partial charge < -0.3 is 10.6 Å². The normalized spacial score (nSPS) is 10.8. The number of aromatic nitrogens is 1. The minimum atomic E-state index is 0.443. The molecule has 0 fully saturated rings. The van der Waals surface area contributed by atoms with Crippen LogP contribution in [0.25, 0.3) is 15.8 Å². The molecule has 100 valence electrons. The van der Waals surface area contributed by atoms with Gasteiger partial charge in [-0.2, -0.15) is 5.26 Å². The van der Waals surface area contributed by atoms with E-state index in [9.17, 15) is 5.26 Å². The molecule has 1 aromatic heterocycles. The largest absolute Gasteiger partial charge is 0.359 e. The summed E-state index contributed by atoms with van der Waals surface area (Å²) in [5, 5.41) is 16.1. The van der Waals surface area contributed by atoms with Crippen LogP contribution in [0.15, 0.2) is 43.1 Å². The first-order valence-electron chi connectivity index (χ1n) is 5.86. The third-order valence-electron chi connectivity index (χ3n) is 2.40. The summed E-state index contributed by atoms with van der Waals surface area (Å²) in [6, 6.07) is 9.91. The van der Waals surface area contributed by atoms with Crippen LogP contribution in [0.1, 0.15) is 5.01 Å². The maximum atomic E-state index is 9.22. The van der Waals surface area contributed by atoms with E-state index >= 15 is 0 Å². The van der Waals surface area contributed by atoms with Crippen molar-refractivity contribution in [2.45, 2.75) is 0 Å². The highest BCUT2D eigenvalue weighted by molar-refractivity contribution is 7.80. The number of benzene rings is 1. The standard InChI is InChI=1S/C14H12N4S2/c1-2-7-16-14(19)17-9-10(8-15)13-18-11-5-3-4-6-12(11)20-13/h2-6,9H,1,7H2,(H2,16,17,19). The number of thiazole rings is 1. The van der Waals surface area contributed by atoms with E-state index in [-0.39, 0.29) is 0 Å². The smallest absolute Gasteiger partial charge is 0.170 e. The summed E-state index contributed by atoms with van der Waals surface area (Å²) in [6.07, 6.45) is 3.27. The van der Waals surface area contributed by atoms with Crippen molar-refractivity contribution >= 4 is 44.5 Å². The van der Waals surface area contributed by atoms with E-state index in [0.29, 0.717) is 22.2 Å². The number of rotatable bonds is 4. The van der Waals surface area contributed by atoms with Crippen LogP contribution in [0.4, 0.5) is 0 Å². The zero-order chi connectivity index (χ0) is 14.4. The summed E-state index contributed by atoms with van der Waals surface area (Å²) in [5.74, 6) is 0. The van der Waals surface area contributed by atoms with E-state index in [1.165, 1.54) is 11.3 Å². The first-order valence-corrected chi connectivity index (χ1v) is 7.08. The van der Waals surface area contributed by atoms with Gasteiger partial charge >= 0.3 is 0 Å². The Morgan fingerprint density at radius 2 is 2.30 bits per heavy atom. The van der Waals surface area contributed by atoms with Crippen LogP contribution < -0.4 is 10.6 Å². The molecule has 1 heterocycles. The summed E-state index contributed by atoms with van der Waals surface area (Å²) in [5.41, 5.74) is 1.34. The Morgan fingerprint density at radius 1 is 1.50 bits per heavy atom. The van der Waals surface area contributed by atoms with Gasteiger partial charge in [0, 0.05) is 12.7 Å². The highest BCUT2D eigenvalue weighted by Crippen LogP contribution is 2.26. The lowest BCUT2D eigenvalue weighted by Gasteiger charge is -2.04. The van der Waals surface area contributed by atoms with Gasteiger partial charge in [0.15, 0.2) is 5.11 Å². The van der Waals surface area contributed by atoms with Gasteiger partial charge in [0.05, 0.1) is 10.2 Å². The Hall–Kier alpha value is -2.23.